The molecule has 1 aliphatic heterocycles. The number of halogens is 3. The molecule has 2 N–H and O–H groups in total. The van der Waals surface area contributed by atoms with Gasteiger partial charge in [-0.05, 0) is 25.5 Å². The van der Waals surface area contributed by atoms with Gasteiger partial charge in [0.1, 0.15) is 11.4 Å². The van der Waals surface area contributed by atoms with Gasteiger partial charge in [-0.1, -0.05) is 6.07 Å². The van der Waals surface area contributed by atoms with Crippen LogP contribution in [0.3, 0.4) is 0 Å². The lowest BCUT2D eigenvalue weighted by molar-refractivity contribution is -0.141. The first-order valence-electron chi connectivity index (χ1n) is 9.90. The summed E-state index contributed by atoms with van der Waals surface area (Å²) in [5, 5.41) is 10.1. The highest BCUT2D eigenvalue weighted by Crippen LogP contribution is 2.29. The molecule has 0 bridgehead atoms. The molecule has 0 saturated heterocycles. The number of nitrogens with zero attached hydrogens (tertiary/aromatic N) is 6. The standard InChI is InChI=1S/C20H21F3N8O/c1-12(2)31-11-17(32)28-15-8-26-19(29-18(15)31)25-6-14-7-27-30(10-14)9-13-3-4-16(24-5-13)20(21,22)23/h3-5,7-8,10,12H,6,9,11H2,1-2H3,(H,28,32)(H,25,26,29). The third-order valence-corrected chi connectivity index (χ3v) is 4.85. The van der Waals surface area contributed by atoms with Crippen molar-refractivity contribution in [1.29, 1.82) is 0 Å². The van der Waals surface area contributed by atoms with Gasteiger partial charge in [-0.3, -0.25) is 14.5 Å². The smallest absolute Gasteiger partial charge is 0.350 e. The van der Waals surface area contributed by atoms with Gasteiger partial charge >= 0.3 is 6.18 Å². The molecule has 4 heterocycles. The number of carbonyl (C=O) groups is 1. The summed E-state index contributed by atoms with van der Waals surface area (Å²) >= 11 is 0. The number of hydrogen-bond donors (Lipinski definition) is 2. The summed E-state index contributed by atoms with van der Waals surface area (Å²) in [6.07, 6.45) is 1.74. The van der Waals surface area contributed by atoms with Crippen LogP contribution in [0.5, 0.6) is 0 Å². The van der Waals surface area contributed by atoms with Crippen molar-refractivity contribution in [3.05, 3.63) is 53.7 Å². The lowest BCUT2D eigenvalue weighted by Gasteiger charge is -2.32. The fraction of sp³-hybridized carbons (Fsp3) is 0.350. The average molecular weight is 446 g/mol. The quantitative estimate of drug-likeness (QED) is 0.600. The number of anilines is 3. The zero-order valence-corrected chi connectivity index (χ0v) is 17.4. The highest BCUT2D eigenvalue weighted by atomic mass is 19.4. The minimum Gasteiger partial charge on any atom is -0.350 e. The molecule has 0 spiro atoms. The molecule has 0 unspecified atom stereocenters. The van der Waals surface area contributed by atoms with Crippen molar-refractivity contribution >= 4 is 23.4 Å². The highest BCUT2D eigenvalue weighted by molar-refractivity contribution is 6.00. The number of alkyl halides is 3. The van der Waals surface area contributed by atoms with Crippen molar-refractivity contribution in [2.45, 2.75) is 39.2 Å². The van der Waals surface area contributed by atoms with Crippen LogP contribution in [0, 0.1) is 0 Å². The van der Waals surface area contributed by atoms with Crippen LogP contribution < -0.4 is 15.5 Å². The first kappa shape index (κ1) is 21.5. The summed E-state index contributed by atoms with van der Waals surface area (Å²) in [5.74, 6) is 0.957. The van der Waals surface area contributed by atoms with E-state index >= 15 is 0 Å². The number of aromatic nitrogens is 5. The van der Waals surface area contributed by atoms with Crippen molar-refractivity contribution in [2.75, 3.05) is 22.1 Å². The SMILES string of the molecule is CC(C)N1CC(=O)Nc2cnc(NCc3cnn(Cc4ccc(C(F)(F)F)nc4)c3)nc21. The van der Waals surface area contributed by atoms with E-state index in [0.29, 0.717) is 36.1 Å². The van der Waals surface area contributed by atoms with Crippen LogP contribution in [0.4, 0.5) is 30.6 Å². The Morgan fingerprint density at radius 2 is 1.97 bits per heavy atom. The van der Waals surface area contributed by atoms with Crippen LogP contribution in [0.2, 0.25) is 0 Å². The van der Waals surface area contributed by atoms with Crippen molar-refractivity contribution in [3.8, 4) is 0 Å². The summed E-state index contributed by atoms with van der Waals surface area (Å²) in [6.45, 7) is 4.89. The van der Waals surface area contributed by atoms with Gasteiger partial charge < -0.3 is 15.5 Å². The third kappa shape index (κ3) is 4.79. The first-order chi connectivity index (χ1) is 15.2. The Morgan fingerprint density at radius 3 is 2.66 bits per heavy atom. The molecule has 12 heteroatoms. The second kappa shape index (κ2) is 8.44. The predicted molar refractivity (Wildman–Crippen MR) is 111 cm³/mol. The maximum atomic E-state index is 12.6. The second-order valence-electron chi connectivity index (χ2n) is 7.65. The number of nitrogens with one attached hydrogen (secondary N) is 2. The minimum absolute atomic E-state index is 0.0977. The summed E-state index contributed by atoms with van der Waals surface area (Å²) in [4.78, 5) is 26.0. The molecule has 9 nitrogen and oxygen atoms in total. The Kier molecular flexibility index (Phi) is 5.68. The van der Waals surface area contributed by atoms with Gasteiger partial charge in [-0.15, -0.1) is 0 Å². The van der Waals surface area contributed by atoms with Crippen LogP contribution >= 0.6 is 0 Å². The maximum Gasteiger partial charge on any atom is 0.433 e. The molecule has 3 aromatic rings. The van der Waals surface area contributed by atoms with E-state index in [0.717, 1.165) is 11.6 Å². The molecular weight excluding hydrogens is 425 g/mol. The number of carbonyl (C=O) groups excluding carboxylic acids is 1. The first-order valence-corrected chi connectivity index (χ1v) is 9.90. The molecule has 3 aromatic heterocycles. The van der Waals surface area contributed by atoms with E-state index in [9.17, 15) is 18.0 Å². The topological polar surface area (TPSA) is 101 Å². The molecular formula is C20H21F3N8O. The van der Waals surface area contributed by atoms with Crippen molar-refractivity contribution in [2.24, 2.45) is 0 Å². The van der Waals surface area contributed by atoms with Gasteiger partial charge in [0.15, 0.2) is 5.82 Å². The fourth-order valence-electron chi connectivity index (χ4n) is 3.25. The normalized spacial score (nSPS) is 13.8. The Hall–Kier alpha value is -3.70. The molecule has 0 atom stereocenters. The number of hydrogen-bond acceptors (Lipinski definition) is 7. The average Bonchev–Trinajstić information content (AvgIpc) is 3.18. The Morgan fingerprint density at radius 1 is 1.16 bits per heavy atom. The van der Waals surface area contributed by atoms with Crippen LogP contribution in [-0.2, 0) is 24.1 Å². The summed E-state index contributed by atoms with van der Waals surface area (Å²) in [5.41, 5.74) is 1.10. The van der Waals surface area contributed by atoms with Crippen LogP contribution in [-0.4, -0.2) is 43.2 Å². The molecule has 4 rings (SSSR count). The van der Waals surface area contributed by atoms with E-state index in [1.165, 1.54) is 12.3 Å². The molecule has 0 radical (unpaired) electrons. The fourth-order valence-corrected chi connectivity index (χ4v) is 3.25. The van der Waals surface area contributed by atoms with E-state index < -0.39 is 11.9 Å². The number of pyridine rings is 1. The molecule has 1 amide bonds. The number of fused-ring (bicyclic) bond motifs is 1. The van der Waals surface area contributed by atoms with E-state index in [4.69, 9.17) is 0 Å². The summed E-state index contributed by atoms with van der Waals surface area (Å²) < 4.78 is 39.5. The number of amides is 1. The molecule has 168 valence electrons. The highest BCUT2D eigenvalue weighted by Gasteiger charge is 2.32. The van der Waals surface area contributed by atoms with Crippen LogP contribution in [0.15, 0.2) is 36.9 Å². The van der Waals surface area contributed by atoms with E-state index in [2.05, 4.69) is 30.7 Å². The predicted octanol–water partition coefficient (Wildman–Crippen LogP) is 2.91. The van der Waals surface area contributed by atoms with Crippen molar-refractivity contribution in [3.63, 3.8) is 0 Å². The van der Waals surface area contributed by atoms with Crippen molar-refractivity contribution in [1.82, 2.24) is 24.7 Å². The minimum atomic E-state index is -4.46. The van der Waals surface area contributed by atoms with Gasteiger partial charge in [0.25, 0.3) is 0 Å². The van der Waals surface area contributed by atoms with Crippen LogP contribution in [0.25, 0.3) is 0 Å². The lowest BCUT2D eigenvalue weighted by Crippen LogP contribution is -2.43. The Labute approximate surface area is 181 Å². The Bertz CT molecular complexity index is 1110. The van der Waals surface area contributed by atoms with E-state index in [1.807, 2.05) is 18.7 Å². The molecule has 0 aliphatic carbocycles. The van der Waals surface area contributed by atoms with Crippen molar-refractivity contribution < 1.29 is 18.0 Å². The van der Waals surface area contributed by atoms with Gasteiger partial charge in [-0.2, -0.15) is 23.3 Å². The lowest BCUT2D eigenvalue weighted by atomic mass is 10.2. The van der Waals surface area contributed by atoms with Gasteiger partial charge in [0.2, 0.25) is 11.9 Å². The largest absolute Gasteiger partial charge is 0.433 e. The summed E-state index contributed by atoms with van der Waals surface area (Å²) in [7, 11) is 0. The Balaban J connectivity index is 1.39. The molecule has 0 saturated carbocycles. The van der Waals surface area contributed by atoms with E-state index in [1.54, 1.807) is 23.3 Å². The number of rotatable bonds is 6. The molecule has 0 fully saturated rings. The second-order valence-corrected chi connectivity index (χ2v) is 7.65. The zero-order valence-electron chi connectivity index (χ0n) is 17.4. The van der Waals surface area contributed by atoms with Crippen LogP contribution in [0.1, 0.15) is 30.7 Å². The molecule has 32 heavy (non-hydrogen) atoms. The monoisotopic (exact) mass is 446 g/mol. The van der Waals surface area contributed by atoms with Gasteiger partial charge in [0.05, 0.1) is 25.5 Å². The molecule has 1 aliphatic rings. The summed E-state index contributed by atoms with van der Waals surface area (Å²) in [6, 6.07) is 2.44. The van der Waals surface area contributed by atoms with Gasteiger partial charge in [0, 0.05) is 30.5 Å². The molecule has 0 aromatic carbocycles. The maximum absolute atomic E-state index is 12.6. The van der Waals surface area contributed by atoms with E-state index in [-0.39, 0.29) is 18.5 Å². The van der Waals surface area contributed by atoms with Gasteiger partial charge in [-0.25, -0.2) is 4.98 Å². The third-order valence-electron chi connectivity index (χ3n) is 4.85. The zero-order chi connectivity index (χ0) is 22.9.